The quantitative estimate of drug-likeness (QED) is 0.600. The van der Waals surface area contributed by atoms with Crippen LogP contribution in [0.3, 0.4) is 0 Å². The van der Waals surface area contributed by atoms with Crippen LogP contribution < -0.4 is 5.32 Å². The zero-order valence-corrected chi connectivity index (χ0v) is 19.2. The molecule has 4 rings (SSSR count). The van der Waals surface area contributed by atoms with Gasteiger partial charge in [0, 0.05) is 10.7 Å². The Hall–Kier alpha value is -2.16. The number of carbonyl (C=O) groups excluding carboxylic acids is 3. The van der Waals surface area contributed by atoms with Crippen LogP contribution >= 0.6 is 11.6 Å². The van der Waals surface area contributed by atoms with Gasteiger partial charge in [-0.25, -0.2) is 0 Å². The molecule has 3 heterocycles. The van der Waals surface area contributed by atoms with Crippen molar-refractivity contribution in [2.45, 2.75) is 63.3 Å². The minimum atomic E-state index is -1.15. The molecule has 0 aromatic heterocycles. The van der Waals surface area contributed by atoms with Crippen molar-refractivity contribution >= 4 is 35.1 Å². The molecule has 174 valence electrons. The number of carbonyl (C=O) groups is 3. The number of hydrogen-bond acceptors (Lipinski definition) is 6. The summed E-state index contributed by atoms with van der Waals surface area (Å²) in [4.78, 5) is 41.7. The Morgan fingerprint density at radius 2 is 2.00 bits per heavy atom. The van der Waals surface area contributed by atoms with Gasteiger partial charge in [-0.05, 0) is 57.4 Å². The Bertz CT molecular complexity index is 924. The molecule has 2 N–H and O–H groups in total. The monoisotopic (exact) mass is 464 g/mol. The third-order valence-corrected chi connectivity index (χ3v) is 7.51. The Morgan fingerprint density at radius 3 is 2.59 bits per heavy atom. The molecule has 3 aliphatic rings. The van der Waals surface area contributed by atoms with Gasteiger partial charge in [-0.15, -0.1) is 0 Å². The van der Waals surface area contributed by atoms with Crippen LogP contribution in [0.5, 0.6) is 0 Å². The number of aliphatic hydroxyl groups is 1. The SMILES string of the molecule is CCOC(=O)[C@@H]1[C@H]2C(=O)N([C@H](C)CO)C(C(=O)Nc3ccc(Cl)cc3)C23CC[C@@]1(CC)O3. The van der Waals surface area contributed by atoms with E-state index in [-0.39, 0.29) is 19.1 Å². The van der Waals surface area contributed by atoms with Gasteiger partial charge in [-0.2, -0.15) is 0 Å². The summed E-state index contributed by atoms with van der Waals surface area (Å²) in [6, 6.07) is 5.07. The van der Waals surface area contributed by atoms with E-state index >= 15 is 0 Å². The van der Waals surface area contributed by atoms with Crippen LogP contribution in [0.1, 0.15) is 40.0 Å². The van der Waals surface area contributed by atoms with Crippen LogP contribution in [0.2, 0.25) is 5.02 Å². The number of halogens is 1. The molecule has 8 nitrogen and oxygen atoms in total. The van der Waals surface area contributed by atoms with Crippen LogP contribution in [0.4, 0.5) is 5.69 Å². The summed E-state index contributed by atoms with van der Waals surface area (Å²) in [7, 11) is 0. The molecule has 0 radical (unpaired) electrons. The van der Waals surface area contributed by atoms with Crippen LogP contribution in [0.15, 0.2) is 24.3 Å². The summed E-state index contributed by atoms with van der Waals surface area (Å²) in [5, 5.41) is 13.2. The largest absolute Gasteiger partial charge is 0.466 e. The lowest BCUT2D eigenvalue weighted by molar-refractivity contribution is -0.161. The highest BCUT2D eigenvalue weighted by atomic mass is 35.5. The van der Waals surface area contributed by atoms with Crippen LogP contribution in [-0.2, 0) is 23.9 Å². The molecule has 6 atom stereocenters. The first-order valence-corrected chi connectivity index (χ1v) is 11.5. The summed E-state index contributed by atoms with van der Waals surface area (Å²) in [6.45, 7) is 5.20. The minimum absolute atomic E-state index is 0.195. The van der Waals surface area contributed by atoms with E-state index in [4.69, 9.17) is 21.1 Å². The van der Waals surface area contributed by atoms with Crippen molar-refractivity contribution < 1.29 is 29.0 Å². The number of ether oxygens (including phenoxy) is 2. The Morgan fingerprint density at radius 1 is 1.31 bits per heavy atom. The first kappa shape index (κ1) is 23.0. The van der Waals surface area contributed by atoms with Gasteiger partial charge < -0.3 is 24.8 Å². The summed E-state index contributed by atoms with van der Waals surface area (Å²) in [5.41, 5.74) is -1.45. The fraction of sp³-hybridized carbons (Fsp3) is 0.609. The van der Waals surface area contributed by atoms with Gasteiger partial charge in [0.25, 0.3) is 0 Å². The number of esters is 1. The number of likely N-dealkylation sites (tertiary alicyclic amines) is 1. The van der Waals surface area contributed by atoms with Crippen LogP contribution in [-0.4, -0.2) is 64.3 Å². The summed E-state index contributed by atoms with van der Waals surface area (Å²) in [6.07, 6.45) is 1.56. The molecule has 3 saturated heterocycles. The fourth-order valence-electron chi connectivity index (χ4n) is 5.85. The van der Waals surface area contributed by atoms with E-state index in [1.807, 2.05) is 6.92 Å². The summed E-state index contributed by atoms with van der Waals surface area (Å²) < 4.78 is 11.9. The van der Waals surface area contributed by atoms with Gasteiger partial charge >= 0.3 is 5.97 Å². The van der Waals surface area contributed by atoms with E-state index in [0.717, 1.165) is 0 Å². The number of aliphatic hydroxyl groups excluding tert-OH is 1. The molecule has 2 amide bonds. The van der Waals surface area contributed by atoms with Gasteiger partial charge in [0.2, 0.25) is 11.8 Å². The fourth-order valence-corrected chi connectivity index (χ4v) is 5.98. The highest BCUT2D eigenvalue weighted by Crippen LogP contribution is 2.64. The average Bonchev–Trinajstić information content (AvgIpc) is 3.38. The summed E-state index contributed by atoms with van der Waals surface area (Å²) >= 11 is 5.95. The molecule has 1 spiro atoms. The Kier molecular flexibility index (Phi) is 5.98. The lowest BCUT2D eigenvalue weighted by Gasteiger charge is -2.36. The van der Waals surface area contributed by atoms with Crippen LogP contribution in [0, 0.1) is 11.8 Å². The number of nitrogens with zero attached hydrogens (tertiary/aromatic N) is 1. The van der Waals surface area contributed by atoms with Crippen molar-refractivity contribution in [2.75, 3.05) is 18.5 Å². The average molecular weight is 465 g/mol. The van der Waals surface area contributed by atoms with Crippen molar-refractivity contribution in [1.82, 2.24) is 4.90 Å². The highest BCUT2D eigenvalue weighted by Gasteiger charge is 2.79. The van der Waals surface area contributed by atoms with Gasteiger partial charge in [0.1, 0.15) is 17.6 Å². The van der Waals surface area contributed by atoms with E-state index in [9.17, 15) is 19.5 Å². The van der Waals surface area contributed by atoms with E-state index in [2.05, 4.69) is 5.32 Å². The van der Waals surface area contributed by atoms with Gasteiger partial charge in [-0.3, -0.25) is 14.4 Å². The molecular weight excluding hydrogens is 436 g/mol. The number of benzene rings is 1. The normalized spacial score (nSPS) is 33.8. The van der Waals surface area contributed by atoms with Crippen molar-refractivity contribution in [3.63, 3.8) is 0 Å². The number of nitrogens with one attached hydrogen (secondary N) is 1. The predicted molar refractivity (Wildman–Crippen MR) is 117 cm³/mol. The van der Waals surface area contributed by atoms with Gasteiger partial charge in [-0.1, -0.05) is 18.5 Å². The van der Waals surface area contributed by atoms with E-state index < -0.39 is 47.0 Å². The minimum Gasteiger partial charge on any atom is -0.466 e. The van der Waals surface area contributed by atoms with E-state index in [0.29, 0.717) is 30.0 Å². The maximum absolute atomic E-state index is 13.7. The van der Waals surface area contributed by atoms with Gasteiger partial charge in [0.05, 0.1) is 30.8 Å². The van der Waals surface area contributed by atoms with Crippen LogP contribution in [0.25, 0.3) is 0 Å². The third kappa shape index (κ3) is 3.23. The van der Waals surface area contributed by atoms with Crippen molar-refractivity contribution in [1.29, 1.82) is 0 Å². The second-order valence-electron chi connectivity index (χ2n) is 8.86. The maximum atomic E-state index is 13.7. The predicted octanol–water partition coefficient (Wildman–Crippen LogP) is 2.38. The van der Waals surface area contributed by atoms with Crippen molar-refractivity contribution in [3.05, 3.63) is 29.3 Å². The summed E-state index contributed by atoms with van der Waals surface area (Å²) in [5.74, 6) is -2.85. The second kappa shape index (κ2) is 8.32. The molecule has 2 unspecified atom stereocenters. The van der Waals surface area contributed by atoms with E-state index in [1.54, 1.807) is 38.1 Å². The van der Waals surface area contributed by atoms with Gasteiger partial charge in [0.15, 0.2) is 0 Å². The first-order valence-electron chi connectivity index (χ1n) is 11.1. The molecule has 0 aliphatic carbocycles. The molecule has 3 aliphatic heterocycles. The second-order valence-corrected chi connectivity index (χ2v) is 9.29. The van der Waals surface area contributed by atoms with Crippen molar-refractivity contribution in [2.24, 2.45) is 11.8 Å². The standard InChI is InChI=1S/C23H29ClN2O6/c1-4-22-10-11-23(32-22)16(17(22)21(30)31-5-2)20(29)26(13(3)12-27)18(23)19(28)25-15-8-6-14(24)7-9-15/h6-9,13,16-18,27H,4-5,10-12H2,1-3H3,(H,25,28)/t13-,16+,17+,18?,22-,23?/m1/s1. The molecule has 2 bridgehead atoms. The number of hydrogen-bond donors (Lipinski definition) is 2. The molecule has 1 aromatic carbocycles. The molecular formula is C23H29ClN2O6. The van der Waals surface area contributed by atoms with Crippen molar-refractivity contribution in [3.8, 4) is 0 Å². The molecule has 1 aromatic rings. The number of rotatable bonds is 7. The lowest BCUT2D eigenvalue weighted by Crippen LogP contribution is -2.55. The number of fused-ring (bicyclic) bond motifs is 1. The topological polar surface area (TPSA) is 105 Å². The zero-order valence-electron chi connectivity index (χ0n) is 18.5. The first-order chi connectivity index (χ1) is 15.2. The molecule has 32 heavy (non-hydrogen) atoms. The highest BCUT2D eigenvalue weighted by molar-refractivity contribution is 6.30. The molecule has 0 saturated carbocycles. The number of anilines is 1. The third-order valence-electron chi connectivity index (χ3n) is 7.26. The molecule has 3 fully saturated rings. The number of amides is 2. The maximum Gasteiger partial charge on any atom is 0.312 e. The Balaban J connectivity index is 1.76. The smallest absolute Gasteiger partial charge is 0.312 e. The Labute approximate surface area is 192 Å². The lowest BCUT2D eigenvalue weighted by atomic mass is 9.65. The molecule has 9 heteroatoms. The zero-order chi connectivity index (χ0) is 23.3. The van der Waals surface area contributed by atoms with E-state index in [1.165, 1.54) is 4.90 Å².